The average Bonchev–Trinajstić information content (AvgIpc) is 2.26. The molecule has 0 saturated heterocycles. The summed E-state index contributed by atoms with van der Waals surface area (Å²) >= 11 is 0. The molecular weight excluding hydrogens is 253 g/mol. The predicted octanol–water partition coefficient (Wildman–Crippen LogP) is -1.79. The Bertz CT molecular complexity index is 499. The Labute approximate surface area is 96.8 Å². The molecule has 0 aliphatic rings. The van der Waals surface area contributed by atoms with E-state index in [0.717, 1.165) is 24.3 Å². The largest absolute Gasteiger partial charge is 0.548 e. The first-order valence-corrected chi connectivity index (χ1v) is 5.95. The number of rotatable bonds is 5. The van der Waals surface area contributed by atoms with Gasteiger partial charge in [-0.2, -0.15) is 0 Å². The van der Waals surface area contributed by atoms with Crippen molar-refractivity contribution in [2.24, 2.45) is 0 Å². The van der Waals surface area contributed by atoms with Crippen LogP contribution in [0.2, 0.25) is 0 Å². The molecule has 6 nitrogen and oxygen atoms in total. The summed E-state index contributed by atoms with van der Waals surface area (Å²) < 4.78 is 37.5. The first-order chi connectivity index (χ1) is 7.86. The maximum atomic E-state index is 12.6. The van der Waals surface area contributed by atoms with E-state index in [2.05, 4.69) is 0 Å². The van der Waals surface area contributed by atoms with Crippen molar-refractivity contribution in [2.45, 2.75) is 10.9 Å². The van der Waals surface area contributed by atoms with Crippen molar-refractivity contribution in [3.63, 3.8) is 0 Å². The van der Waals surface area contributed by atoms with Gasteiger partial charge in [-0.3, -0.25) is 0 Å². The second-order valence-electron chi connectivity index (χ2n) is 3.13. The molecule has 0 amide bonds. The van der Waals surface area contributed by atoms with E-state index in [1.165, 1.54) is 0 Å². The topological polar surface area (TPSA) is 107 Å². The number of aliphatic hydroxyl groups is 1. The number of aliphatic hydroxyl groups excluding tert-OH is 1. The summed E-state index contributed by atoms with van der Waals surface area (Å²) in [5.74, 6) is -2.37. The Hall–Kier alpha value is -1.51. The van der Waals surface area contributed by atoms with Gasteiger partial charge in [0.25, 0.3) is 0 Å². The monoisotopic (exact) mass is 262 g/mol. The lowest BCUT2D eigenvalue weighted by Gasteiger charge is -2.16. The van der Waals surface area contributed by atoms with Gasteiger partial charge in [-0.15, -0.1) is 0 Å². The van der Waals surface area contributed by atoms with Crippen molar-refractivity contribution in [1.29, 1.82) is 0 Å². The van der Waals surface area contributed by atoms with Crippen LogP contribution in [0.3, 0.4) is 0 Å². The van der Waals surface area contributed by atoms with E-state index in [1.54, 1.807) is 4.72 Å². The van der Waals surface area contributed by atoms with Gasteiger partial charge in [0.1, 0.15) is 5.82 Å². The number of carbonyl (C=O) groups excluding carboxylic acids is 1. The molecule has 1 aromatic rings. The number of halogens is 1. The van der Waals surface area contributed by atoms with Crippen molar-refractivity contribution in [3.8, 4) is 0 Å². The molecule has 0 aromatic heterocycles. The third-order valence-electron chi connectivity index (χ3n) is 1.89. The number of sulfonamides is 1. The fourth-order valence-corrected chi connectivity index (χ4v) is 2.20. The molecule has 0 radical (unpaired) electrons. The van der Waals surface area contributed by atoms with Crippen molar-refractivity contribution >= 4 is 16.0 Å². The summed E-state index contributed by atoms with van der Waals surface area (Å²) in [6.07, 6.45) is 0. The van der Waals surface area contributed by atoms with Gasteiger partial charge in [-0.25, -0.2) is 17.5 Å². The van der Waals surface area contributed by atoms with Gasteiger partial charge >= 0.3 is 0 Å². The van der Waals surface area contributed by atoms with Crippen LogP contribution in [0, 0.1) is 5.82 Å². The van der Waals surface area contributed by atoms with Crippen LogP contribution in [0.5, 0.6) is 0 Å². The second kappa shape index (κ2) is 5.21. The fraction of sp³-hybridized carbons (Fsp3) is 0.222. The number of carboxylic acids is 1. The highest BCUT2D eigenvalue weighted by Crippen LogP contribution is 2.09. The SMILES string of the molecule is O=C([O-])C(CO)NS(=O)(=O)c1ccc(F)cc1. The molecule has 1 aromatic carbocycles. The zero-order valence-electron chi connectivity index (χ0n) is 8.46. The molecule has 1 atom stereocenters. The Balaban J connectivity index is 2.96. The molecule has 1 unspecified atom stereocenters. The van der Waals surface area contributed by atoms with E-state index in [1.807, 2.05) is 0 Å². The lowest BCUT2D eigenvalue weighted by molar-refractivity contribution is -0.308. The third-order valence-corrected chi connectivity index (χ3v) is 3.38. The molecule has 1 rings (SSSR count). The van der Waals surface area contributed by atoms with E-state index in [4.69, 9.17) is 5.11 Å². The predicted molar refractivity (Wildman–Crippen MR) is 52.6 cm³/mol. The van der Waals surface area contributed by atoms with E-state index in [-0.39, 0.29) is 4.90 Å². The van der Waals surface area contributed by atoms with E-state index in [9.17, 15) is 22.7 Å². The number of carboxylic acid groups (broad SMARTS) is 1. The van der Waals surface area contributed by atoms with Crippen molar-refractivity contribution < 1.29 is 27.8 Å². The summed E-state index contributed by atoms with van der Waals surface area (Å²) in [6.45, 7) is -0.942. The Morgan fingerprint density at radius 1 is 1.41 bits per heavy atom. The highest BCUT2D eigenvalue weighted by atomic mass is 32.2. The van der Waals surface area contributed by atoms with Crippen molar-refractivity contribution in [2.75, 3.05) is 6.61 Å². The number of nitrogens with one attached hydrogen (secondary N) is 1. The van der Waals surface area contributed by atoms with Gasteiger partial charge in [0.05, 0.1) is 23.5 Å². The molecular formula is C9H9FNO5S-. The van der Waals surface area contributed by atoms with Crippen LogP contribution in [0.15, 0.2) is 29.2 Å². The summed E-state index contributed by atoms with van der Waals surface area (Å²) in [4.78, 5) is 10.1. The number of hydrogen-bond acceptors (Lipinski definition) is 5. The molecule has 94 valence electrons. The van der Waals surface area contributed by atoms with Gasteiger partial charge in [0.15, 0.2) is 0 Å². The van der Waals surface area contributed by atoms with Crippen LogP contribution < -0.4 is 9.83 Å². The molecule has 0 spiro atoms. The van der Waals surface area contributed by atoms with Gasteiger partial charge in [-0.05, 0) is 24.3 Å². The lowest BCUT2D eigenvalue weighted by atomic mass is 10.3. The Kier molecular flexibility index (Phi) is 4.16. The Morgan fingerprint density at radius 3 is 2.35 bits per heavy atom. The van der Waals surface area contributed by atoms with Crippen LogP contribution in [0.4, 0.5) is 4.39 Å². The van der Waals surface area contributed by atoms with Crippen LogP contribution in [0.25, 0.3) is 0 Å². The number of carbonyl (C=O) groups is 1. The average molecular weight is 262 g/mol. The molecule has 0 saturated carbocycles. The maximum Gasteiger partial charge on any atom is 0.241 e. The number of benzene rings is 1. The zero-order chi connectivity index (χ0) is 13.1. The summed E-state index contributed by atoms with van der Waals surface area (Å²) in [7, 11) is -4.13. The number of hydrogen-bond donors (Lipinski definition) is 2. The molecule has 2 N–H and O–H groups in total. The molecule has 17 heavy (non-hydrogen) atoms. The summed E-state index contributed by atoms with van der Waals surface area (Å²) in [5, 5.41) is 19.1. The molecule has 0 fully saturated rings. The highest BCUT2D eigenvalue weighted by Gasteiger charge is 2.20. The maximum absolute atomic E-state index is 12.6. The zero-order valence-corrected chi connectivity index (χ0v) is 9.28. The van der Waals surface area contributed by atoms with Crippen LogP contribution in [0.1, 0.15) is 0 Å². The quantitative estimate of drug-likeness (QED) is 0.652. The van der Waals surface area contributed by atoms with Gasteiger partial charge in [0, 0.05) is 0 Å². The van der Waals surface area contributed by atoms with E-state index in [0.29, 0.717) is 0 Å². The van der Waals surface area contributed by atoms with E-state index >= 15 is 0 Å². The van der Waals surface area contributed by atoms with Crippen molar-refractivity contribution in [3.05, 3.63) is 30.1 Å². The van der Waals surface area contributed by atoms with Crippen LogP contribution in [-0.4, -0.2) is 32.1 Å². The van der Waals surface area contributed by atoms with Crippen molar-refractivity contribution in [1.82, 2.24) is 4.72 Å². The molecule has 8 heteroatoms. The highest BCUT2D eigenvalue weighted by molar-refractivity contribution is 7.89. The minimum Gasteiger partial charge on any atom is -0.548 e. The van der Waals surface area contributed by atoms with Crippen LogP contribution in [-0.2, 0) is 14.8 Å². The van der Waals surface area contributed by atoms with Gasteiger partial charge in [-0.1, -0.05) is 0 Å². The fourth-order valence-electron chi connectivity index (χ4n) is 1.03. The van der Waals surface area contributed by atoms with Gasteiger partial charge in [0.2, 0.25) is 10.0 Å². The number of aliphatic carboxylic acids is 1. The summed E-state index contributed by atoms with van der Waals surface area (Å²) in [5.41, 5.74) is 0. The molecule has 0 bridgehead atoms. The normalized spacial score (nSPS) is 13.3. The molecule has 0 heterocycles. The minimum absolute atomic E-state index is 0.307. The molecule has 0 aliphatic heterocycles. The smallest absolute Gasteiger partial charge is 0.241 e. The Morgan fingerprint density at radius 2 is 1.94 bits per heavy atom. The minimum atomic E-state index is -4.13. The van der Waals surface area contributed by atoms with Gasteiger partial charge < -0.3 is 15.0 Å². The first kappa shape index (κ1) is 13.6. The third kappa shape index (κ3) is 3.48. The standard InChI is InChI=1S/C9H10FNO5S/c10-6-1-3-7(4-2-6)17(15,16)11-8(5-12)9(13)14/h1-4,8,11-12H,5H2,(H,13,14)/p-1. The molecule has 0 aliphatic carbocycles. The van der Waals surface area contributed by atoms with Crippen LogP contribution >= 0.6 is 0 Å². The second-order valence-corrected chi connectivity index (χ2v) is 4.84. The van der Waals surface area contributed by atoms with E-state index < -0.39 is 34.5 Å². The summed E-state index contributed by atoms with van der Waals surface area (Å²) in [6, 6.07) is 2.04. The first-order valence-electron chi connectivity index (χ1n) is 4.46. The lowest BCUT2D eigenvalue weighted by Crippen LogP contribution is -2.49.